The van der Waals surface area contributed by atoms with Crippen LogP contribution in [0.4, 0.5) is 17.3 Å². The van der Waals surface area contributed by atoms with E-state index in [0.717, 1.165) is 12.2 Å². The van der Waals surface area contributed by atoms with Crippen LogP contribution in [0.1, 0.15) is 19.8 Å². The molecule has 1 saturated heterocycles. The minimum absolute atomic E-state index is 0.0365. The second-order valence-electron chi connectivity index (χ2n) is 4.72. The summed E-state index contributed by atoms with van der Waals surface area (Å²) in [6.45, 7) is 2.81. The van der Waals surface area contributed by atoms with E-state index in [-0.39, 0.29) is 16.3 Å². The molecular formula is C11H17N5O2S. The average molecular weight is 283 g/mol. The summed E-state index contributed by atoms with van der Waals surface area (Å²) in [5.41, 5.74) is 2.36. The summed E-state index contributed by atoms with van der Waals surface area (Å²) in [6.07, 6.45) is 2.29. The van der Waals surface area contributed by atoms with Crippen LogP contribution >= 0.6 is 11.8 Å². The van der Waals surface area contributed by atoms with Gasteiger partial charge in [0.1, 0.15) is 5.82 Å². The number of pyridine rings is 1. The van der Waals surface area contributed by atoms with Crippen molar-refractivity contribution in [2.45, 2.75) is 24.5 Å². The topological polar surface area (TPSA) is 106 Å². The Morgan fingerprint density at radius 3 is 3.00 bits per heavy atom. The number of rotatable bonds is 5. The van der Waals surface area contributed by atoms with E-state index in [4.69, 9.17) is 5.84 Å². The zero-order chi connectivity index (χ0) is 13.9. The van der Waals surface area contributed by atoms with E-state index in [9.17, 15) is 10.1 Å². The maximum atomic E-state index is 11.0. The Bertz CT molecular complexity index is 476. The molecule has 8 heteroatoms. The van der Waals surface area contributed by atoms with Gasteiger partial charge >= 0.3 is 5.69 Å². The summed E-state index contributed by atoms with van der Waals surface area (Å²) in [7, 11) is 0. The second-order valence-corrected chi connectivity index (χ2v) is 6.40. The number of hydrazine groups is 1. The largest absolute Gasteiger partial charge is 0.363 e. The highest BCUT2D eigenvalue weighted by Gasteiger charge is 2.30. The summed E-state index contributed by atoms with van der Waals surface area (Å²) in [4.78, 5) is 14.6. The van der Waals surface area contributed by atoms with Crippen molar-refractivity contribution in [1.29, 1.82) is 0 Å². The van der Waals surface area contributed by atoms with Crippen LogP contribution in [0.2, 0.25) is 0 Å². The monoisotopic (exact) mass is 283 g/mol. The molecule has 2 rings (SSSR count). The number of thioether (sulfide) groups is 1. The number of nitrogens with zero attached hydrogens (tertiary/aromatic N) is 2. The Hall–Kier alpha value is -1.54. The standard InChI is InChI=1S/C11H17N5O2S/c1-11(5-2-6-19-11)7-13-10-8(16(17)18)3-4-9(14-10)15-12/h3-4H,2,5-7,12H2,1H3,(H2,13,14,15). The molecule has 104 valence electrons. The number of nitrogens with one attached hydrogen (secondary N) is 2. The van der Waals surface area contributed by atoms with Crippen molar-refractivity contribution in [3.05, 3.63) is 22.2 Å². The molecule has 0 spiro atoms. The van der Waals surface area contributed by atoms with Crippen molar-refractivity contribution in [3.8, 4) is 0 Å². The summed E-state index contributed by atoms with van der Waals surface area (Å²) in [5, 5.41) is 14.0. The molecule has 1 aromatic rings. The van der Waals surface area contributed by atoms with E-state index < -0.39 is 4.92 Å². The van der Waals surface area contributed by atoms with Crippen molar-refractivity contribution in [3.63, 3.8) is 0 Å². The molecular weight excluding hydrogens is 266 g/mol. The van der Waals surface area contributed by atoms with Gasteiger partial charge in [-0.15, -0.1) is 0 Å². The maximum Gasteiger partial charge on any atom is 0.311 e. The van der Waals surface area contributed by atoms with E-state index in [2.05, 4.69) is 22.7 Å². The first-order chi connectivity index (χ1) is 9.04. The molecule has 0 saturated carbocycles. The lowest BCUT2D eigenvalue weighted by atomic mass is 10.1. The lowest BCUT2D eigenvalue weighted by molar-refractivity contribution is -0.384. The number of nitrogens with two attached hydrogens (primary N) is 1. The molecule has 7 nitrogen and oxygen atoms in total. The highest BCUT2D eigenvalue weighted by Crippen LogP contribution is 2.38. The van der Waals surface area contributed by atoms with Gasteiger partial charge in [-0.3, -0.25) is 10.1 Å². The third-order valence-corrected chi connectivity index (χ3v) is 4.69. The first-order valence-corrected chi connectivity index (χ1v) is 7.02. The molecule has 0 amide bonds. The highest BCUT2D eigenvalue weighted by molar-refractivity contribution is 8.00. The third-order valence-electron chi connectivity index (χ3n) is 3.15. The number of nitro groups is 1. The summed E-state index contributed by atoms with van der Waals surface area (Å²) in [5.74, 6) is 7.07. The van der Waals surface area contributed by atoms with E-state index >= 15 is 0 Å². The van der Waals surface area contributed by atoms with Crippen LogP contribution in [0, 0.1) is 10.1 Å². The lowest BCUT2D eigenvalue weighted by Gasteiger charge is -2.23. The maximum absolute atomic E-state index is 11.0. The van der Waals surface area contributed by atoms with Crippen molar-refractivity contribution in [2.75, 3.05) is 23.0 Å². The van der Waals surface area contributed by atoms with Crippen LogP contribution < -0.4 is 16.6 Å². The van der Waals surface area contributed by atoms with Gasteiger partial charge in [-0.05, 0) is 31.6 Å². The Labute approximate surface area is 115 Å². The second kappa shape index (κ2) is 5.62. The first kappa shape index (κ1) is 13.9. The number of nitrogen functional groups attached to an aromatic ring is 1. The number of anilines is 2. The van der Waals surface area contributed by atoms with Gasteiger partial charge in [0.05, 0.1) is 4.92 Å². The van der Waals surface area contributed by atoms with Crippen molar-refractivity contribution in [1.82, 2.24) is 4.98 Å². The van der Waals surface area contributed by atoms with Crippen LogP contribution in [0.15, 0.2) is 12.1 Å². The average Bonchev–Trinajstić information content (AvgIpc) is 2.83. The quantitative estimate of drug-likeness (QED) is 0.431. The summed E-state index contributed by atoms with van der Waals surface area (Å²) in [6, 6.07) is 2.88. The minimum atomic E-state index is -0.445. The molecule has 1 aromatic heterocycles. The van der Waals surface area contributed by atoms with Gasteiger partial charge in [0.25, 0.3) is 0 Å². The molecule has 0 aliphatic carbocycles. The zero-order valence-corrected chi connectivity index (χ0v) is 11.5. The van der Waals surface area contributed by atoms with E-state index in [1.165, 1.54) is 18.6 Å². The molecule has 0 bridgehead atoms. The Morgan fingerprint density at radius 2 is 2.42 bits per heavy atom. The van der Waals surface area contributed by atoms with Gasteiger partial charge < -0.3 is 10.7 Å². The number of aromatic nitrogens is 1. The van der Waals surface area contributed by atoms with Crippen LogP contribution in [-0.4, -0.2) is 27.0 Å². The summed E-state index contributed by atoms with van der Waals surface area (Å²) < 4.78 is 0.113. The SMILES string of the molecule is CC1(CNc2nc(NN)ccc2[N+](=O)[O-])CCCS1. The van der Waals surface area contributed by atoms with Crippen molar-refractivity contribution in [2.24, 2.45) is 5.84 Å². The van der Waals surface area contributed by atoms with Crippen LogP contribution in [0.5, 0.6) is 0 Å². The fourth-order valence-electron chi connectivity index (χ4n) is 2.06. The molecule has 4 N–H and O–H groups in total. The molecule has 1 aliphatic rings. The van der Waals surface area contributed by atoms with E-state index in [1.807, 2.05) is 11.8 Å². The van der Waals surface area contributed by atoms with Crippen LogP contribution in [0.3, 0.4) is 0 Å². The molecule has 1 aliphatic heterocycles. The Morgan fingerprint density at radius 1 is 1.63 bits per heavy atom. The number of hydrogen-bond acceptors (Lipinski definition) is 7. The predicted molar refractivity (Wildman–Crippen MR) is 77.3 cm³/mol. The molecule has 1 fully saturated rings. The van der Waals surface area contributed by atoms with Crippen molar-refractivity contribution < 1.29 is 4.92 Å². The molecule has 19 heavy (non-hydrogen) atoms. The van der Waals surface area contributed by atoms with Gasteiger partial charge in [0.2, 0.25) is 5.82 Å². The third kappa shape index (κ3) is 3.27. The van der Waals surface area contributed by atoms with Crippen LogP contribution in [0.25, 0.3) is 0 Å². The summed E-state index contributed by atoms with van der Waals surface area (Å²) >= 11 is 1.89. The van der Waals surface area contributed by atoms with Crippen molar-refractivity contribution >= 4 is 29.1 Å². The lowest BCUT2D eigenvalue weighted by Crippen LogP contribution is -2.27. The molecule has 1 atom stereocenters. The minimum Gasteiger partial charge on any atom is -0.363 e. The normalized spacial score (nSPS) is 22.2. The molecule has 2 heterocycles. The van der Waals surface area contributed by atoms with Gasteiger partial charge in [-0.2, -0.15) is 11.8 Å². The number of hydrogen-bond donors (Lipinski definition) is 3. The molecule has 1 unspecified atom stereocenters. The fraction of sp³-hybridized carbons (Fsp3) is 0.545. The van der Waals surface area contributed by atoms with Gasteiger partial charge in [-0.1, -0.05) is 0 Å². The first-order valence-electron chi connectivity index (χ1n) is 6.04. The Balaban J connectivity index is 2.15. The smallest absolute Gasteiger partial charge is 0.311 e. The van der Waals surface area contributed by atoms with Gasteiger partial charge in [0, 0.05) is 17.4 Å². The van der Waals surface area contributed by atoms with Gasteiger partial charge in [-0.25, -0.2) is 10.8 Å². The van der Waals surface area contributed by atoms with Gasteiger partial charge in [0.15, 0.2) is 0 Å². The predicted octanol–water partition coefficient (Wildman–Crippen LogP) is 1.97. The zero-order valence-electron chi connectivity index (χ0n) is 10.7. The molecule has 0 radical (unpaired) electrons. The Kier molecular flexibility index (Phi) is 4.11. The van der Waals surface area contributed by atoms with E-state index in [1.54, 1.807) is 0 Å². The van der Waals surface area contributed by atoms with Crippen LogP contribution in [-0.2, 0) is 0 Å². The molecule has 0 aromatic carbocycles. The fourth-order valence-corrected chi connectivity index (χ4v) is 3.30. The highest BCUT2D eigenvalue weighted by atomic mass is 32.2. The van der Waals surface area contributed by atoms with E-state index in [0.29, 0.717) is 12.4 Å².